The Labute approximate surface area is 148 Å². The van der Waals surface area contributed by atoms with Gasteiger partial charge in [-0.2, -0.15) is 5.10 Å². The maximum Gasteiger partial charge on any atom is 0.235 e. The number of thioether (sulfide) groups is 1. The van der Waals surface area contributed by atoms with Gasteiger partial charge < -0.3 is 5.32 Å². The van der Waals surface area contributed by atoms with Crippen molar-refractivity contribution >= 4 is 34.8 Å². The minimum Gasteiger partial charge on any atom is -0.310 e. The Kier molecular flexibility index (Phi) is 4.96. The third-order valence-electron chi connectivity index (χ3n) is 3.21. The molecule has 0 fully saturated rings. The van der Waals surface area contributed by atoms with E-state index in [1.54, 1.807) is 4.68 Å². The van der Waals surface area contributed by atoms with E-state index in [1.165, 1.54) is 28.7 Å². The molecule has 0 saturated heterocycles. The monoisotopic (exact) mass is 359 g/mol. The SMILES string of the molecule is Cc1ccc(-n2nc(C)cc2NC(=O)CSc2nnc(C)s2)cc1. The number of nitrogens with zero attached hydrogens (tertiary/aromatic N) is 4. The number of benzene rings is 1. The fraction of sp³-hybridized carbons (Fsp3) is 0.250. The van der Waals surface area contributed by atoms with Crippen LogP contribution in [0, 0.1) is 20.8 Å². The van der Waals surface area contributed by atoms with Crippen molar-refractivity contribution in [2.45, 2.75) is 25.1 Å². The standard InChI is InChI=1S/C16H17N5OS2/c1-10-4-6-13(7-5-10)21-14(8-11(2)20-21)17-15(22)9-23-16-19-18-12(3)24-16/h4-8H,9H2,1-3H3,(H,17,22). The van der Waals surface area contributed by atoms with Gasteiger partial charge in [0, 0.05) is 6.07 Å². The van der Waals surface area contributed by atoms with E-state index >= 15 is 0 Å². The predicted molar refractivity (Wildman–Crippen MR) is 97.0 cm³/mol. The summed E-state index contributed by atoms with van der Waals surface area (Å²) in [5, 5.41) is 16.2. The van der Waals surface area contributed by atoms with Crippen LogP contribution in [0.1, 0.15) is 16.3 Å². The lowest BCUT2D eigenvalue weighted by Gasteiger charge is -2.08. The van der Waals surface area contributed by atoms with Crippen molar-refractivity contribution in [3.05, 3.63) is 46.6 Å². The largest absolute Gasteiger partial charge is 0.310 e. The molecule has 0 bridgehead atoms. The van der Waals surface area contributed by atoms with Gasteiger partial charge in [0.15, 0.2) is 4.34 Å². The van der Waals surface area contributed by atoms with Crippen LogP contribution in [0.5, 0.6) is 0 Å². The molecule has 0 atom stereocenters. The molecule has 1 amide bonds. The van der Waals surface area contributed by atoms with Crippen molar-refractivity contribution in [2.75, 3.05) is 11.1 Å². The Bertz CT molecular complexity index is 854. The average molecular weight is 359 g/mol. The highest BCUT2D eigenvalue weighted by molar-refractivity contribution is 8.01. The molecule has 0 aliphatic carbocycles. The zero-order valence-corrected chi connectivity index (χ0v) is 15.2. The first-order valence-corrected chi connectivity index (χ1v) is 9.18. The summed E-state index contributed by atoms with van der Waals surface area (Å²) < 4.78 is 2.54. The van der Waals surface area contributed by atoms with Crippen LogP contribution in [0.3, 0.4) is 0 Å². The van der Waals surface area contributed by atoms with Gasteiger partial charge in [-0.15, -0.1) is 10.2 Å². The number of hydrogen-bond donors (Lipinski definition) is 1. The van der Waals surface area contributed by atoms with Crippen molar-refractivity contribution in [3.63, 3.8) is 0 Å². The average Bonchev–Trinajstić information content (AvgIpc) is 3.12. The van der Waals surface area contributed by atoms with E-state index in [1.807, 2.05) is 51.1 Å². The Morgan fingerprint density at radius 1 is 1.21 bits per heavy atom. The number of hydrogen-bond acceptors (Lipinski definition) is 6. The van der Waals surface area contributed by atoms with Gasteiger partial charge in [-0.3, -0.25) is 4.79 Å². The van der Waals surface area contributed by atoms with Crippen LogP contribution in [0.25, 0.3) is 5.69 Å². The van der Waals surface area contributed by atoms with Crippen LogP contribution >= 0.6 is 23.1 Å². The molecule has 3 rings (SSSR count). The number of carbonyl (C=O) groups is 1. The highest BCUT2D eigenvalue weighted by atomic mass is 32.2. The third-order valence-corrected chi connectivity index (χ3v) is 5.18. The number of nitrogens with one attached hydrogen (secondary N) is 1. The molecule has 2 heterocycles. The Hall–Kier alpha value is -2.19. The molecule has 0 unspecified atom stereocenters. The van der Waals surface area contributed by atoms with Crippen LogP contribution in [0.2, 0.25) is 0 Å². The van der Waals surface area contributed by atoms with E-state index in [0.717, 1.165) is 20.7 Å². The lowest BCUT2D eigenvalue weighted by atomic mass is 10.2. The smallest absolute Gasteiger partial charge is 0.235 e. The number of amides is 1. The van der Waals surface area contributed by atoms with Gasteiger partial charge in [-0.1, -0.05) is 40.8 Å². The molecule has 1 aromatic carbocycles. The number of aromatic nitrogens is 4. The van der Waals surface area contributed by atoms with E-state index in [2.05, 4.69) is 20.6 Å². The summed E-state index contributed by atoms with van der Waals surface area (Å²) in [5.74, 6) is 0.851. The molecule has 6 nitrogen and oxygen atoms in total. The lowest BCUT2D eigenvalue weighted by Crippen LogP contribution is -2.16. The van der Waals surface area contributed by atoms with E-state index in [0.29, 0.717) is 5.82 Å². The predicted octanol–water partition coefficient (Wildman–Crippen LogP) is 3.38. The van der Waals surface area contributed by atoms with Crippen LogP contribution < -0.4 is 5.32 Å². The highest BCUT2D eigenvalue weighted by Gasteiger charge is 2.12. The van der Waals surface area contributed by atoms with Crippen LogP contribution in [0.15, 0.2) is 34.7 Å². The second kappa shape index (κ2) is 7.14. The van der Waals surface area contributed by atoms with Gasteiger partial charge in [0.05, 0.1) is 17.1 Å². The van der Waals surface area contributed by atoms with Gasteiger partial charge in [0.2, 0.25) is 5.91 Å². The quantitative estimate of drug-likeness (QED) is 0.707. The van der Waals surface area contributed by atoms with E-state index < -0.39 is 0 Å². The molecule has 2 aromatic heterocycles. The summed E-state index contributed by atoms with van der Waals surface area (Å²) in [4.78, 5) is 12.2. The number of rotatable bonds is 5. The molecular weight excluding hydrogens is 342 g/mol. The summed E-state index contributed by atoms with van der Waals surface area (Å²) in [7, 11) is 0. The molecule has 0 spiro atoms. The number of aryl methyl sites for hydroxylation is 3. The summed E-state index contributed by atoms with van der Waals surface area (Å²) >= 11 is 2.87. The van der Waals surface area contributed by atoms with Crippen molar-refractivity contribution in [2.24, 2.45) is 0 Å². The summed E-state index contributed by atoms with van der Waals surface area (Å²) in [5.41, 5.74) is 2.94. The minimum atomic E-state index is -0.0962. The lowest BCUT2D eigenvalue weighted by molar-refractivity contribution is -0.113. The summed E-state index contributed by atoms with van der Waals surface area (Å²) in [6, 6.07) is 9.86. The van der Waals surface area contributed by atoms with Gasteiger partial charge in [-0.05, 0) is 32.9 Å². The molecule has 24 heavy (non-hydrogen) atoms. The summed E-state index contributed by atoms with van der Waals surface area (Å²) in [6.07, 6.45) is 0. The third kappa shape index (κ3) is 4.01. The molecule has 0 aliphatic rings. The molecule has 0 saturated carbocycles. The second-order valence-electron chi connectivity index (χ2n) is 5.34. The molecule has 3 aromatic rings. The Morgan fingerprint density at radius 3 is 2.62 bits per heavy atom. The van der Waals surface area contributed by atoms with Crippen LogP contribution in [0.4, 0.5) is 5.82 Å². The van der Waals surface area contributed by atoms with Crippen LogP contribution in [-0.2, 0) is 4.79 Å². The number of anilines is 1. The Morgan fingerprint density at radius 2 is 1.96 bits per heavy atom. The fourth-order valence-electron chi connectivity index (χ4n) is 2.11. The molecule has 0 aliphatic heterocycles. The van der Waals surface area contributed by atoms with E-state index in [4.69, 9.17) is 0 Å². The van der Waals surface area contributed by atoms with Crippen molar-refractivity contribution in [1.82, 2.24) is 20.0 Å². The molecular formula is C16H17N5OS2. The number of carbonyl (C=O) groups excluding carboxylic acids is 1. The van der Waals surface area contributed by atoms with Gasteiger partial charge in [0.25, 0.3) is 0 Å². The van der Waals surface area contributed by atoms with Crippen molar-refractivity contribution in [1.29, 1.82) is 0 Å². The maximum absolute atomic E-state index is 12.2. The first-order chi connectivity index (χ1) is 11.5. The van der Waals surface area contributed by atoms with Crippen LogP contribution in [-0.4, -0.2) is 31.6 Å². The fourth-order valence-corrected chi connectivity index (χ4v) is 3.73. The van der Waals surface area contributed by atoms with Crippen molar-refractivity contribution in [3.8, 4) is 5.69 Å². The zero-order chi connectivity index (χ0) is 17.1. The summed E-state index contributed by atoms with van der Waals surface area (Å²) in [6.45, 7) is 5.83. The van der Waals surface area contributed by atoms with Gasteiger partial charge >= 0.3 is 0 Å². The molecule has 1 N–H and O–H groups in total. The molecule has 124 valence electrons. The Balaban J connectivity index is 1.70. The first-order valence-electron chi connectivity index (χ1n) is 7.38. The van der Waals surface area contributed by atoms with Crippen molar-refractivity contribution < 1.29 is 4.79 Å². The minimum absolute atomic E-state index is 0.0962. The maximum atomic E-state index is 12.2. The molecule has 0 radical (unpaired) electrons. The van der Waals surface area contributed by atoms with Gasteiger partial charge in [0.1, 0.15) is 10.8 Å². The van der Waals surface area contributed by atoms with Gasteiger partial charge in [-0.25, -0.2) is 4.68 Å². The topological polar surface area (TPSA) is 72.7 Å². The first kappa shape index (κ1) is 16.7. The second-order valence-corrected chi connectivity index (χ2v) is 7.75. The van der Waals surface area contributed by atoms with E-state index in [9.17, 15) is 4.79 Å². The van der Waals surface area contributed by atoms with E-state index in [-0.39, 0.29) is 11.7 Å². The normalized spacial score (nSPS) is 10.8. The molecule has 8 heteroatoms. The zero-order valence-electron chi connectivity index (χ0n) is 13.6. The highest BCUT2D eigenvalue weighted by Crippen LogP contribution is 2.22.